The van der Waals surface area contributed by atoms with Crippen LogP contribution in [0.3, 0.4) is 0 Å². The van der Waals surface area contributed by atoms with Crippen LogP contribution in [0.1, 0.15) is 19.8 Å². The number of amides is 3. The Hall–Kier alpha value is -2.14. The van der Waals surface area contributed by atoms with Crippen molar-refractivity contribution in [1.82, 2.24) is 4.90 Å². The Bertz CT molecular complexity index is 675. The number of anilines is 1. The van der Waals surface area contributed by atoms with E-state index in [2.05, 4.69) is 5.32 Å². The molecule has 0 aromatic heterocycles. The van der Waals surface area contributed by atoms with E-state index >= 15 is 0 Å². The molecular formula is C17H17ClN2O3. The van der Waals surface area contributed by atoms with Gasteiger partial charge in [-0.3, -0.25) is 19.3 Å². The minimum absolute atomic E-state index is 0.252. The van der Waals surface area contributed by atoms with Gasteiger partial charge in [-0.25, -0.2) is 0 Å². The number of carbonyl (C=O) groups is 3. The van der Waals surface area contributed by atoms with Gasteiger partial charge in [0.15, 0.2) is 0 Å². The zero-order chi connectivity index (χ0) is 16.6. The normalized spacial score (nSPS) is 24.5. The zero-order valence-corrected chi connectivity index (χ0v) is 13.4. The number of fused-ring (bicyclic) bond motifs is 1. The molecule has 3 atom stereocenters. The topological polar surface area (TPSA) is 66.5 Å². The van der Waals surface area contributed by atoms with Gasteiger partial charge in [0, 0.05) is 10.7 Å². The predicted molar refractivity (Wildman–Crippen MR) is 86.8 cm³/mol. The van der Waals surface area contributed by atoms with Crippen LogP contribution in [0.15, 0.2) is 36.4 Å². The van der Waals surface area contributed by atoms with E-state index in [0.717, 1.165) is 4.90 Å². The summed E-state index contributed by atoms with van der Waals surface area (Å²) in [5.41, 5.74) is 0.535. The van der Waals surface area contributed by atoms with E-state index < -0.39 is 11.9 Å². The number of likely N-dealkylation sites (tertiary alicyclic amines) is 1. The number of nitrogens with zero attached hydrogens (tertiary/aromatic N) is 1. The maximum absolute atomic E-state index is 12.5. The first-order valence-electron chi connectivity index (χ1n) is 7.57. The van der Waals surface area contributed by atoms with Crippen molar-refractivity contribution >= 4 is 35.0 Å². The van der Waals surface area contributed by atoms with E-state index in [1.54, 1.807) is 31.2 Å². The van der Waals surface area contributed by atoms with Gasteiger partial charge in [0.1, 0.15) is 6.04 Å². The van der Waals surface area contributed by atoms with E-state index in [1.807, 2.05) is 12.2 Å². The quantitative estimate of drug-likeness (QED) is 0.683. The second-order valence-electron chi connectivity index (χ2n) is 5.88. The standard InChI is InChI=1S/C17H17ClN2O3/c1-10(15(21)19-12-6-4-5-11(18)9-12)20-16(22)13-7-2-3-8-14(13)17(20)23/h2-6,9-10,13-14H,7-8H2,1H3,(H,19,21)/t10-,13-,14-/m1/s1. The van der Waals surface area contributed by atoms with Gasteiger partial charge >= 0.3 is 0 Å². The van der Waals surface area contributed by atoms with Gasteiger partial charge in [0.05, 0.1) is 11.8 Å². The first-order chi connectivity index (χ1) is 11.0. The summed E-state index contributed by atoms with van der Waals surface area (Å²) in [4.78, 5) is 38.5. The highest BCUT2D eigenvalue weighted by atomic mass is 35.5. The van der Waals surface area contributed by atoms with Gasteiger partial charge < -0.3 is 5.32 Å². The Morgan fingerprint density at radius 3 is 2.39 bits per heavy atom. The molecular weight excluding hydrogens is 316 g/mol. The van der Waals surface area contributed by atoms with Crippen LogP contribution in [0.5, 0.6) is 0 Å². The second-order valence-corrected chi connectivity index (χ2v) is 6.31. The van der Waals surface area contributed by atoms with Crippen molar-refractivity contribution in [1.29, 1.82) is 0 Å². The summed E-state index contributed by atoms with van der Waals surface area (Å²) in [6.07, 6.45) is 4.97. The van der Waals surface area contributed by atoms with Crippen molar-refractivity contribution in [3.63, 3.8) is 0 Å². The molecule has 6 heteroatoms. The zero-order valence-electron chi connectivity index (χ0n) is 12.7. The first kappa shape index (κ1) is 15.7. The number of rotatable bonds is 3. The van der Waals surface area contributed by atoms with Crippen LogP contribution >= 0.6 is 11.6 Å². The molecule has 1 aromatic carbocycles. The molecule has 1 aliphatic heterocycles. The number of carbonyl (C=O) groups excluding carboxylic acids is 3. The van der Waals surface area contributed by atoms with E-state index in [0.29, 0.717) is 23.6 Å². The maximum atomic E-state index is 12.5. The fourth-order valence-corrected chi connectivity index (χ4v) is 3.33. The van der Waals surface area contributed by atoms with Gasteiger partial charge in [-0.1, -0.05) is 29.8 Å². The average Bonchev–Trinajstić information content (AvgIpc) is 2.79. The molecule has 1 N–H and O–H groups in total. The summed E-state index contributed by atoms with van der Waals surface area (Å²) < 4.78 is 0. The van der Waals surface area contributed by atoms with Crippen molar-refractivity contribution in [3.05, 3.63) is 41.4 Å². The number of nitrogens with one attached hydrogen (secondary N) is 1. The lowest BCUT2D eigenvalue weighted by Gasteiger charge is -2.22. The molecule has 120 valence electrons. The highest BCUT2D eigenvalue weighted by Crippen LogP contribution is 2.36. The van der Waals surface area contributed by atoms with Crippen LogP contribution < -0.4 is 5.32 Å². The van der Waals surface area contributed by atoms with Gasteiger partial charge in [0.25, 0.3) is 0 Å². The molecule has 5 nitrogen and oxygen atoms in total. The monoisotopic (exact) mass is 332 g/mol. The highest BCUT2D eigenvalue weighted by molar-refractivity contribution is 6.30. The number of imide groups is 1. The minimum Gasteiger partial charge on any atom is -0.324 e. The number of benzene rings is 1. The van der Waals surface area contributed by atoms with Gasteiger partial charge in [-0.2, -0.15) is 0 Å². The highest BCUT2D eigenvalue weighted by Gasteiger charge is 2.50. The molecule has 1 heterocycles. The summed E-state index contributed by atoms with van der Waals surface area (Å²) in [7, 11) is 0. The molecule has 1 aliphatic carbocycles. The van der Waals surface area contributed by atoms with E-state index in [1.165, 1.54) is 0 Å². The van der Waals surface area contributed by atoms with Gasteiger partial charge in [-0.05, 0) is 38.0 Å². The minimum atomic E-state index is -0.848. The second kappa shape index (κ2) is 6.16. The molecule has 0 unspecified atom stereocenters. The van der Waals surface area contributed by atoms with Gasteiger partial charge in [0.2, 0.25) is 17.7 Å². The fraction of sp³-hybridized carbons (Fsp3) is 0.353. The maximum Gasteiger partial charge on any atom is 0.247 e. The van der Waals surface area contributed by atoms with Crippen molar-refractivity contribution in [2.75, 3.05) is 5.32 Å². The van der Waals surface area contributed by atoms with E-state index in [9.17, 15) is 14.4 Å². The van der Waals surface area contributed by atoms with Crippen LogP contribution in [0, 0.1) is 11.8 Å². The van der Waals surface area contributed by atoms with Crippen LogP contribution in [-0.2, 0) is 14.4 Å². The van der Waals surface area contributed by atoms with Crippen molar-refractivity contribution in [2.24, 2.45) is 11.8 Å². The largest absolute Gasteiger partial charge is 0.324 e. The summed E-state index contributed by atoms with van der Waals surface area (Å²) in [5.74, 6) is -1.56. The Morgan fingerprint density at radius 1 is 1.22 bits per heavy atom. The third-order valence-corrected chi connectivity index (χ3v) is 4.64. The molecule has 1 fully saturated rings. The molecule has 3 rings (SSSR count). The molecule has 2 aliphatic rings. The molecule has 3 amide bonds. The molecule has 1 saturated heterocycles. The number of hydrogen-bond acceptors (Lipinski definition) is 3. The first-order valence-corrected chi connectivity index (χ1v) is 7.95. The molecule has 0 bridgehead atoms. The number of hydrogen-bond donors (Lipinski definition) is 1. The third-order valence-electron chi connectivity index (χ3n) is 4.40. The number of halogens is 1. The summed E-state index contributed by atoms with van der Waals surface area (Å²) in [5, 5.41) is 3.20. The van der Waals surface area contributed by atoms with Crippen molar-refractivity contribution < 1.29 is 14.4 Å². The van der Waals surface area contributed by atoms with Crippen molar-refractivity contribution in [2.45, 2.75) is 25.8 Å². The fourth-order valence-electron chi connectivity index (χ4n) is 3.14. The van der Waals surface area contributed by atoms with E-state index in [4.69, 9.17) is 11.6 Å². The molecule has 0 saturated carbocycles. The average molecular weight is 333 g/mol. The lowest BCUT2D eigenvalue weighted by atomic mass is 9.85. The van der Waals surface area contributed by atoms with Crippen LogP contribution in [0.4, 0.5) is 5.69 Å². The summed E-state index contributed by atoms with van der Waals surface area (Å²) in [6, 6.07) is 5.89. The lowest BCUT2D eigenvalue weighted by molar-refractivity contribution is -0.146. The van der Waals surface area contributed by atoms with E-state index in [-0.39, 0.29) is 23.7 Å². The third kappa shape index (κ3) is 2.88. The van der Waals surface area contributed by atoms with Gasteiger partial charge in [-0.15, -0.1) is 0 Å². The summed E-state index contributed by atoms with van der Waals surface area (Å²) in [6.45, 7) is 1.57. The van der Waals surface area contributed by atoms with Crippen molar-refractivity contribution in [3.8, 4) is 0 Å². The molecule has 0 spiro atoms. The molecule has 1 aromatic rings. The molecule has 23 heavy (non-hydrogen) atoms. The smallest absolute Gasteiger partial charge is 0.247 e. The Labute approximate surface area is 139 Å². The molecule has 0 radical (unpaired) electrons. The predicted octanol–water partition coefficient (Wildman–Crippen LogP) is 2.62. The van der Waals surface area contributed by atoms with Crippen LogP contribution in [0.25, 0.3) is 0 Å². The SMILES string of the molecule is C[C@H](C(=O)Nc1cccc(Cl)c1)N1C(=O)[C@@H]2CC=CC[C@H]2C1=O. The van der Waals surface area contributed by atoms with Crippen LogP contribution in [-0.4, -0.2) is 28.7 Å². The number of allylic oxidation sites excluding steroid dienone is 2. The van der Waals surface area contributed by atoms with Crippen LogP contribution in [0.2, 0.25) is 5.02 Å². The lowest BCUT2D eigenvalue weighted by Crippen LogP contribution is -2.46. The Balaban J connectivity index is 1.75. The Morgan fingerprint density at radius 2 is 1.83 bits per heavy atom. The summed E-state index contributed by atoms with van der Waals surface area (Å²) >= 11 is 5.89. The Kier molecular flexibility index (Phi) is 4.22.